The summed E-state index contributed by atoms with van der Waals surface area (Å²) in [5.41, 5.74) is 1.95. The number of halogens is 1. The first-order chi connectivity index (χ1) is 7.81. The molecule has 0 spiro atoms. The first-order valence-electron chi connectivity index (χ1n) is 4.74. The van der Waals surface area contributed by atoms with E-state index in [-0.39, 0.29) is 5.82 Å². The Morgan fingerprint density at radius 1 is 1.06 bits per heavy atom. The van der Waals surface area contributed by atoms with Gasteiger partial charge in [-0.05, 0) is 36.0 Å². The molecule has 0 fully saturated rings. The van der Waals surface area contributed by atoms with Crippen molar-refractivity contribution >= 4 is 23.1 Å². The predicted octanol–water partition coefficient (Wildman–Crippen LogP) is 4.23. The summed E-state index contributed by atoms with van der Waals surface area (Å²) >= 11 is 4.52. The summed E-state index contributed by atoms with van der Waals surface area (Å²) in [4.78, 5) is 3.83. The lowest BCUT2D eigenvalue weighted by Crippen LogP contribution is -1.83. The minimum absolute atomic E-state index is 0.269. The highest BCUT2D eigenvalue weighted by atomic mass is 32.1. The zero-order valence-electron chi connectivity index (χ0n) is 8.35. The molecule has 0 bridgehead atoms. The molecule has 0 aliphatic rings. The second-order valence-electron chi connectivity index (χ2n) is 3.23. The predicted molar refractivity (Wildman–Crippen MR) is 66.5 cm³/mol. The average Bonchev–Trinajstić information content (AvgIpc) is 2.33. The topological polar surface area (TPSA) is 12.4 Å². The number of aliphatic imine (C=N–C) groups is 1. The van der Waals surface area contributed by atoms with Gasteiger partial charge in [0.1, 0.15) is 5.82 Å². The lowest BCUT2D eigenvalue weighted by Gasteiger charge is -2.03. The standard InChI is InChI=1S/C13H8FNS/c14-13-7-6-11(15-9-16)8-12(13)10-4-2-1-3-5-10/h1-8H. The molecule has 16 heavy (non-hydrogen) atoms. The summed E-state index contributed by atoms with van der Waals surface area (Å²) in [6, 6.07) is 13.9. The Bertz CT molecular complexity index is 545. The Kier molecular flexibility index (Phi) is 3.20. The highest BCUT2D eigenvalue weighted by molar-refractivity contribution is 7.78. The Balaban J connectivity index is 2.56. The molecule has 0 aliphatic heterocycles. The molecule has 1 nitrogen and oxygen atoms in total. The van der Waals surface area contributed by atoms with Crippen molar-refractivity contribution in [3.63, 3.8) is 0 Å². The summed E-state index contributed by atoms with van der Waals surface area (Å²) in [7, 11) is 0. The maximum absolute atomic E-state index is 13.6. The van der Waals surface area contributed by atoms with Gasteiger partial charge in [-0.3, -0.25) is 0 Å². The Hall–Kier alpha value is -1.83. The van der Waals surface area contributed by atoms with E-state index in [4.69, 9.17) is 0 Å². The van der Waals surface area contributed by atoms with Crippen LogP contribution in [0.1, 0.15) is 0 Å². The molecule has 0 aliphatic carbocycles. The van der Waals surface area contributed by atoms with Crippen LogP contribution >= 0.6 is 12.2 Å². The van der Waals surface area contributed by atoms with E-state index in [1.54, 1.807) is 12.1 Å². The lowest BCUT2D eigenvalue weighted by atomic mass is 10.0. The minimum atomic E-state index is -0.269. The first kappa shape index (κ1) is 10.7. The van der Waals surface area contributed by atoms with Gasteiger partial charge in [-0.15, -0.1) is 0 Å². The number of rotatable bonds is 2. The average molecular weight is 229 g/mol. The number of thiocarbonyl (C=S) groups is 1. The third-order valence-corrected chi connectivity index (χ3v) is 2.30. The van der Waals surface area contributed by atoms with Crippen LogP contribution < -0.4 is 0 Å². The van der Waals surface area contributed by atoms with E-state index in [0.717, 1.165) is 5.56 Å². The summed E-state index contributed by atoms with van der Waals surface area (Å²) in [5.74, 6) is -0.269. The van der Waals surface area contributed by atoms with Gasteiger partial charge in [0.2, 0.25) is 0 Å². The Morgan fingerprint density at radius 3 is 2.50 bits per heavy atom. The first-order valence-corrected chi connectivity index (χ1v) is 5.15. The molecule has 78 valence electrons. The number of nitrogens with zero attached hydrogens (tertiary/aromatic N) is 1. The maximum Gasteiger partial charge on any atom is 0.131 e. The molecule has 0 heterocycles. The van der Waals surface area contributed by atoms with Crippen molar-refractivity contribution in [3.05, 3.63) is 54.3 Å². The normalized spacial score (nSPS) is 9.56. The van der Waals surface area contributed by atoms with Crippen molar-refractivity contribution in [2.45, 2.75) is 0 Å². The summed E-state index contributed by atoms with van der Waals surface area (Å²) in [6.07, 6.45) is 0. The quantitative estimate of drug-likeness (QED) is 0.554. The van der Waals surface area contributed by atoms with Crippen LogP contribution in [-0.4, -0.2) is 5.16 Å². The molecule has 2 aromatic carbocycles. The monoisotopic (exact) mass is 229 g/mol. The van der Waals surface area contributed by atoms with Gasteiger partial charge in [-0.2, -0.15) is 4.99 Å². The van der Waals surface area contributed by atoms with Crippen molar-refractivity contribution in [1.82, 2.24) is 0 Å². The van der Waals surface area contributed by atoms with Gasteiger partial charge in [0.05, 0.1) is 10.8 Å². The fourth-order valence-electron chi connectivity index (χ4n) is 1.47. The van der Waals surface area contributed by atoms with E-state index >= 15 is 0 Å². The van der Waals surface area contributed by atoms with E-state index in [0.29, 0.717) is 11.3 Å². The van der Waals surface area contributed by atoms with E-state index in [1.807, 2.05) is 30.3 Å². The fourth-order valence-corrected chi connectivity index (χ4v) is 1.58. The van der Waals surface area contributed by atoms with Crippen LogP contribution in [0.15, 0.2) is 53.5 Å². The van der Waals surface area contributed by atoms with Crippen molar-refractivity contribution in [2.75, 3.05) is 0 Å². The zero-order chi connectivity index (χ0) is 11.4. The van der Waals surface area contributed by atoms with Crippen LogP contribution in [-0.2, 0) is 0 Å². The summed E-state index contributed by atoms with van der Waals surface area (Å²) in [6.45, 7) is 0. The largest absolute Gasteiger partial charge is 0.206 e. The molecule has 3 heteroatoms. The van der Waals surface area contributed by atoms with Crippen LogP contribution in [0.3, 0.4) is 0 Å². The Labute approximate surface area is 98.3 Å². The molecule has 2 aromatic rings. The highest BCUT2D eigenvalue weighted by Gasteiger charge is 2.05. The van der Waals surface area contributed by atoms with Crippen molar-refractivity contribution in [2.24, 2.45) is 4.99 Å². The number of hydrogen-bond acceptors (Lipinski definition) is 2. The third-order valence-electron chi connectivity index (χ3n) is 2.21. The molecular weight excluding hydrogens is 221 g/mol. The highest BCUT2D eigenvalue weighted by Crippen LogP contribution is 2.26. The van der Waals surface area contributed by atoms with Gasteiger partial charge in [0.15, 0.2) is 0 Å². The van der Waals surface area contributed by atoms with Crippen LogP contribution in [0, 0.1) is 5.82 Å². The molecule has 2 rings (SSSR count). The van der Waals surface area contributed by atoms with E-state index in [1.165, 1.54) is 6.07 Å². The van der Waals surface area contributed by atoms with Crippen molar-refractivity contribution in [3.8, 4) is 11.1 Å². The molecule has 0 aromatic heterocycles. The Morgan fingerprint density at radius 2 is 1.81 bits per heavy atom. The molecule has 0 saturated carbocycles. The van der Waals surface area contributed by atoms with Crippen molar-refractivity contribution < 1.29 is 4.39 Å². The van der Waals surface area contributed by atoms with E-state index in [9.17, 15) is 4.39 Å². The van der Waals surface area contributed by atoms with E-state index < -0.39 is 0 Å². The third kappa shape index (κ3) is 2.22. The van der Waals surface area contributed by atoms with Gasteiger partial charge in [-0.1, -0.05) is 30.3 Å². The maximum atomic E-state index is 13.6. The zero-order valence-corrected chi connectivity index (χ0v) is 9.17. The molecule has 0 N–H and O–H groups in total. The molecule has 0 atom stereocenters. The van der Waals surface area contributed by atoms with Gasteiger partial charge >= 0.3 is 0 Å². The van der Waals surface area contributed by atoms with Gasteiger partial charge < -0.3 is 0 Å². The number of benzene rings is 2. The molecule has 0 saturated heterocycles. The molecular formula is C13H8FNS. The smallest absolute Gasteiger partial charge is 0.131 e. The van der Waals surface area contributed by atoms with Crippen LogP contribution in [0.5, 0.6) is 0 Å². The van der Waals surface area contributed by atoms with Crippen molar-refractivity contribution in [1.29, 1.82) is 0 Å². The number of hydrogen-bond donors (Lipinski definition) is 0. The van der Waals surface area contributed by atoms with Gasteiger partial charge in [0.25, 0.3) is 0 Å². The number of isothiocyanates is 1. The van der Waals surface area contributed by atoms with Gasteiger partial charge in [0, 0.05) is 5.56 Å². The molecule has 0 radical (unpaired) electrons. The van der Waals surface area contributed by atoms with Crippen LogP contribution in [0.4, 0.5) is 10.1 Å². The van der Waals surface area contributed by atoms with E-state index in [2.05, 4.69) is 22.4 Å². The van der Waals surface area contributed by atoms with Crippen LogP contribution in [0.25, 0.3) is 11.1 Å². The second-order valence-corrected chi connectivity index (χ2v) is 3.42. The van der Waals surface area contributed by atoms with Crippen LogP contribution in [0.2, 0.25) is 0 Å². The summed E-state index contributed by atoms with van der Waals surface area (Å²) in [5, 5.41) is 2.27. The second kappa shape index (κ2) is 4.79. The SMILES string of the molecule is Fc1ccc(N=C=S)cc1-c1ccccc1. The summed E-state index contributed by atoms with van der Waals surface area (Å²) < 4.78 is 13.6. The van der Waals surface area contributed by atoms with Gasteiger partial charge in [-0.25, -0.2) is 4.39 Å². The fraction of sp³-hybridized carbons (Fsp3) is 0. The minimum Gasteiger partial charge on any atom is -0.206 e. The lowest BCUT2D eigenvalue weighted by molar-refractivity contribution is 0.631. The molecule has 0 amide bonds. The molecule has 0 unspecified atom stereocenters.